The van der Waals surface area contributed by atoms with Crippen LogP contribution in [0.4, 0.5) is 4.79 Å². The number of aromatic hydroxyl groups is 1. The molecule has 1 aromatic carbocycles. The minimum Gasteiger partial charge on any atom is -0.503 e. The summed E-state index contributed by atoms with van der Waals surface area (Å²) in [5.74, 6) is -0.364. The average molecular weight is 311 g/mol. The lowest BCUT2D eigenvalue weighted by molar-refractivity contribution is -0.122. The van der Waals surface area contributed by atoms with Crippen LogP contribution in [0.2, 0.25) is 5.02 Å². The minimum absolute atomic E-state index is 0.100. The van der Waals surface area contributed by atoms with Crippen LogP contribution in [0, 0.1) is 0 Å². The lowest BCUT2D eigenvalue weighted by Gasteiger charge is -2.09. The van der Waals surface area contributed by atoms with Crippen molar-refractivity contribution in [2.45, 2.75) is 13.3 Å². The number of halogens is 1. The van der Waals surface area contributed by atoms with Crippen LogP contribution in [0.1, 0.15) is 18.9 Å². The van der Waals surface area contributed by atoms with Crippen LogP contribution < -0.4 is 10.1 Å². The molecule has 0 saturated carbocycles. The number of hydrogen-bond acceptors (Lipinski definition) is 4. The molecule has 0 radical (unpaired) electrons. The summed E-state index contributed by atoms with van der Waals surface area (Å²) in [5.41, 5.74) is 0.703. The molecule has 0 unspecified atom stereocenters. The number of urea groups is 1. The predicted molar refractivity (Wildman–Crippen MR) is 78.2 cm³/mol. The van der Waals surface area contributed by atoms with Crippen molar-refractivity contribution in [3.05, 3.63) is 28.4 Å². The normalized spacial score (nSPS) is 16.5. The Bertz CT molecular complexity index is 628. The fourth-order valence-corrected chi connectivity index (χ4v) is 2.22. The molecule has 1 heterocycles. The van der Waals surface area contributed by atoms with E-state index in [1.54, 1.807) is 0 Å². The molecule has 3 amide bonds. The van der Waals surface area contributed by atoms with Crippen LogP contribution in [0.5, 0.6) is 11.5 Å². The van der Waals surface area contributed by atoms with Gasteiger partial charge in [0.05, 0.1) is 12.1 Å². The van der Waals surface area contributed by atoms with Gasteiger partial charge < -0.3 is 15.2 Å². The Morgan fingerprint density at radius 3 is 2.76 bits per heavy atom. The van der Waals surface area contributed by atoms with Gasteiger partial charge in [-0.05, 0) is 30.2 Å². The Kier molecular flexibility index (Phi) is 4.37. The van der Waals surface area contributed by atoms with E-state index in [9.17, 15) is 14.7 Å². The topological polar surface area (TPSA) is 78.9 Å². The Labute approximate surface area is 126 Å². The summed E-state index contributed by atoms with van der Waals surface area (Å²) in [6.07, 6.45) is 2.18. The molecule has 21 heavy (non-hydrogen) atoms. The molecular formula is C14H15ClN2O4. The monoisotopic (exact) mass is 310 g/mol. The number of ether oxygens (including phenoxy) is 1. The first-order chi connectivity index (χ1) is 9.97. The van der Waals surface area contributed by atoms with Gasteiger partial charge in [0, 0.05) is 6.54 Å². The van der Waals surface area contributed by atoms with Gasteiger partial charge in [-0.25, -0.2) is 4.79 Å². The molecule has 0 aliphatic carbocycles. The van der Waals surface area contributed by atoms with E-state index in [2.05, 4.69) is 5.32 Å². The fraction of sp³-hybridized carbons (Fsp3) is 0.286. The van der Waals surface area contributed by atoms with Crippen LogP contribution in [0.3, 0.4) is 0 Å². The number of benzene rings is 1. The van der Waals surface area contributed by atoms with Gasteiger partial charge in [0.1, 0.15) is 5.70 Å². The van der Waals surface area contributed by atoms with Gasteiger partial charge >= 0.3 is 6.03 Å². The maximum atomic E-state index is 12.1. The summed E-state index contributed by atoms with van der Waals surface area (Å²) >= 11 is 5.88. The molecule has 1 fully saturated rings. The molecule has 0 bridgehead atoms. The van der Waals surface area contributed by atoms with Crippen molar-refractivity contribution < 1.29 is 19.4 Å². The van der Waals surface area contributed by atoms with E-state index in [1.807, 2.05) is 6.92 Å². The van der Waals surface area contributed by atoms with Gasteiger partial charge in [-0.2, -0.15) is 0 Å². The SMILES string of the molecule is CCCN1C(=O)N/C(=C/c2cc(Cl)c(O)c(OC)c2)C1=O. The molecule has 2 N–H and O–H groups in total. The Morgan fingerprint density at radius 1 is 1.43 bits per heavy atom. The third-order valence-corrected chi connectivity index (χ3v) is 3.28. The first-order valence-corrected chi connectivity index (χ1v) is 6.76. The molecule has 1 aliphatic heterocycles. The number of hydrogen-bond donors (Lipinski definition) is 2. The van der Waals surface area contributed by atoms with Crippen LogP contribution in [0.15, 0.2) is 17.8 Å². The van der Waals surface area contributed by atoms with E-state index in [0.29, 0.717) is 18.5 Å². The van der Waals surface area contributed by atoms with Crippen LogP contribution in [-0.4, -0.2) is 35.6 Å². The first-order valence-electron chi connectivity index (χ1n) is 6.39. The third-order valence-electron chi connectivity index (χ3n) is 2.99. The minimum atomic E-state index is -0.440. The second-order valence-corrected chi connectivity index (χ2v) is 4.91. The van der Waals surface area contributed by atoms with E-state index in [4.69, 9.17) is 16.3 Å². The average Bonchev–Trinajstić information content (AvgIpc) is 2.70. The maximum Gasteiger partial charge on any atom is 0.329 e. The highest BCUT2D eigenvalue weighted by atomic mass is 35.5. The van der Waals surface area contributed by atoms with E-state index in [0.717, 1.165) is 4.90 Å². The highest BCUT2D eigenvalue weighted by Gasteiger charge is 2.32. The number of carbonyl (C=O) groups excluding carboxylic acids is 2. The molecule has 0 atom stereocenters. The smallest absolute Gasteiger partial charge is 0.329 e. The highest BCUT2D eigenvalue weighted by Crippen LogP contribution is 2.35. The Balaban J connectivity index is 2.35. The Morgan fingerprint density at radius 2 is 2.14 bits per heavy atom. The van der Waals surface area contributed by atoms with Crippen molar-refractivity contribution >= 4 is 29.6 Å². The summed E-state index contributed by atoms with van der Waals surface area (Å²) in [5, 5.41) is 12.3. The maximum absolute atomic E-state index is 12.1. The number of nitrogens with one attached hydrogen (secondary N) is 1. The number of phenolic OH excluding ortho intramolecular Hbond substituents is 1. The van der Waals surface area contributed by atoms with Crippen molar-refractivity contribution in [1.29, 1.82) is 0 Å². The Hall–Kier alpha value is -2.21. The van der Waals surface area contributed by atoms with Crippen molar-refractivity contribution in [2.75, 3.05) is 13.7 Å². The van der Waals surface area contributed by atoms with E-state index < -0.39 is 6.03 Å². The molecule has 1 aliphatic rings. The van der Waals surface area contributed by atoms with Crippen molar-refractivity contribution in [2.24, 2.45) is 0 Å². The number of nitrogens with zero attached hydrogens (tertiary/aromatic N) is 1. The summed E-state index contributed by atoms with van der Waals surface area (Å²) in [6.45, 7) is 2.24. The molecular weight excluding hydrogens is 296 g/mol. The van der Waals surface area contributed by atoms with Gasteiger partial charge in [0.15, 0.2) is 11.5 Å². The van der Waals surface area contributed by atoms with Gasteiger partial charge in [-0.1, -0.05) is 18.5 Å². The molecule has 1 aromatic rings. The zero-order valence-corrected chi connectivity index (χ0v) is 12.4. The number of imide groups is 1. The predicted octanol–water partition coefficient (Wildman–Crippen LogP) is 2.36. The standard InChI is InChI=1S/C14H15ClN2O4/c1-3-4-17-13(19)10(16-14(17)20)6-8-5-9(15)12(18)11(7-8)21-2/h5-7,18H,3-4H2,1-2H3,(H,16,20)/b10-6+. The van der Waals surface area contributed by atoms with Crippen LogP contribution in [0.25, 0.3) is 6.08 Å². The number of methoxy groups -OCH3 is 1. The molecule has 0 aromatic heterocycles. The third kappa shape index (κ3) is 2.95. The van der Waals surface area contributed by atoms with E-state index >= 15 is 0 Å². The van der Waals surface area contributed by atoms with Crippen LogP contribution in [-0.2, 0) is 4.79 Å². The summed E-state index contributed by atoms with van der Waals surface area (Å²) in [6, 6.07) is 2.56. The summed E-state index contributed by atoms with van der Waals surface area (Å²) in [7, 11) is 1.40. The van der Waals surface area contributed by atoms with Crippen molar-refractivity contribution in [1.82, 2.24) is 10.2 Å². The lowest BCUT2D eigenvalue weighted by atomic mass is 10.1. The lowest BCUT2D eigenvalue weighted by Crippen LogP contribution is -2.31. The molecule has 1 saturated heterocycles. The largest absolute Gasteiger partial charge is 0.503 e. The molecule has 0 spiro atoms. The molecule has 7 heteroatoms. The summed E-state index contributed by atoms with van der Waals surface area (Å²) < 4.78 is 4.99. The highest BCUT2D eigenvalue weighted by molar-refractivity contribution is 6.32. The summed E-state index contributed by atoms with van der Waals surface area (Å²) in [4.78, 5) is 24.9. The number of phenols is 1. The van der Waals surface area contributed by atoms with Gasteiger partial charge in [-0.3, -0.25) is 9.69 Å². The van der Waals surface area contributed by atoms with Gasteiger partial charge in [0.25, 0.3) is 5.91 Å². The fourth-order valence-electron chi connectivity index (χ4n) is 2.00. The van der Waals surface area contributed by atoms with Crippen LogP contribution >= 0.6 is 11.6 Å². The second kappa shape index (κ2) is 6.05. The van der Waals surface area contributed by atoms with Crippen molar-refractivity contribution in [3.63, 3.8) is 0 Å². The van der Waals surface area contributed by atoms with Crippen molar-refractivity contribution in [3.8, 4) is 11.5 Å². The zero-order valence-electron chi connectivity index (χ0n) is 11.6. The quantitative estimate of drug-likeness (QED) is 0.661. The van der Waals surface area contributed by atoms with E-state index in [-0.39, 0.29) is 28.1 Å². The second-order valence-electron chi connectivity index (χ2n) is 4.50. The number of rotatable bonds is 4. The molecule has 2 rings (SSSR count). The van der Waals surface area contributed by atoms with Gasteiger partial charge in [-0.15, -0.1) is 0 Å². The first kappa shape index (κ1) is 15.2. The molecule has 112 valence electrons. The molecule has 6 nitrogen and oxygen atoms in total. The number of amides is 3. The van der Waals surface area contributed by atoms with Gasteiger partial charge in [0.2, 0.25) is 0 Å². The zero-order chi connectivity index (χ0) is 15.6. The number of carbonyl (C=O) groups is 2. The van der Waals surface area contributed by atoms with E-state index in [1.165, 1.54) is 25.3 Å².